The first-order chi connectivity index (χ1) is 12.3. The van der Waals surface area contributed by atoms with Crippen LogP contribution in [0, 0.1) is 11.3 Å². The van der Waals surface area contributed by atoms with Crippen molar-refractivity contribution < 1.29 is 24.2 Å². The van der Waals surface area contributed by atoms with E-state index in [4.69, 9.17) is 14.6 Å². The number of carboxylic acids is 1. The number of rotatable bonds is 7. The average molecular weight is 363 g/mol. The van der Waals surface area contributed by atoms with Gasteiger partial charge in [0.15, 0.2) is 18.1 Å². The van der Waals surface area contributed by atoms with E-state index in [0.717, 1.165) is 25.9 Å². The lowest BCUT2D eigenvalue weighted by atomic mass is 9.72. The second-order valence-corrected chi connectivity index (χ2v) is 7.38. The second-order valence-electron chi connectivity index (χ2n) is 7.38. The fourth-order valence-electron chi connectivity index (χ4n) is 3.15. The lowest BCUT2D eigenvalue weighted by molar-refractivity contribution is -0.139. The zero-order valence-electron chi connectivity index (χ0n) is 16.1. The number of carbonyl (C=O) groups is 2. The van der Waals surface area contributed by atoms with Crippen LogP contribution in [0.1, 0.15) is 50.9 Å². The van der Waals surface area contributed by atoms with Crippen LogP contribution in [0.3, 0.4) is 0 Å². The van der Waals surface area contributed by atoms with Crippen molar-refractivity contribution in [2.24, 2.45) is 11.3 Å². The Morgan fingerprint density at radius 1 is 1.19 bits per heavy atom. The van der Waals surface area contributed by atoms with Gasteiger partial charge in [0.1, 0.15) is 0 Å². The van der Waals surface area contributed by atoms with E-state index in [2.05, 4.69) is 20.8 Å². The molecule has 0 radical (unpaired) electrons. The molecular weight excluding hydrogens is 334 g/mol. The van der Waals surface area contributed by atoms with Crippen molar-refractivity contribution >= 4 is 11.9 Å². The highest BCUT2D eigenvalue weighted by atomic mass is 16.5. The van der Waals surface area contributed by atoms with Gasteiger partial charge in [0, 0.05) is 18.7 Å². The van der Waals surface area contributed by atoms with Crippen LogP contribution in [0.2, 0.25) is 0 Å². The van der Waals surface area contributed by atoms with E-state index >= 15 is 0 Å². The van der Waals surface area contributed by atoms with Gasteiger partial charge in [-0.15, -0.1) is 0 Å². The van der Waals surface area contributed by atoms with E-state index in [-0.39, 0.29) is 11.3 Å². The van der Waals surface area contributed by atoms with Crippen molar-refractivity contribution in [1.29, 1.82) is 0 Å². The van der Waals surface area contributed by atoms with Gasteiger partial charge in [0.05, 0.1) is 6.61 Å². The van der Waals surface area contributed by atoms with Crippen LogP contribution in [0.5, 0.6) is 11.5 Å². The molecule has 1 fully saturated rings. The van der Waals surface area contributed by atoms with E-state index in [0.29, 0.717) is 29.6 Å². The minimum atomic E-state index is -1.06. The zero-order valence-corrected chi connectivity index (χ0v) is 16.1. The van der Waals surface area contributed by atoms with Crippen LogP contribution in [0.25, 0.3) is 0 Å². The van der Waals surface area contributed by atoms with Gasteiger partial charge < -0.3 is 19.5 Å². The smallest absolute Gasteiger partial charge is 0.341 e. The second kappa shape index (κ2) is 8.43. The Hall–Kier alpha value is -2.24. The van der Waals surface area contributed by atoms with Gasteiger partial charge in [-0.3, -0.25) is 4.79 Å². The van der Waals surface area contributed by atoms with Crippen LogP contribution in [0.4, 0.5) is 0 Å². The summed E-state index contributed by atoms with van der Waals surface area (Å²) in [6, 6.07) is 4.90. The molecule has 1 aromatic rings. The zero-order chi connectivity index (χ0) is 19.3. The first kappa shape index (κ1) is 20.1. The van der Waals surface area contributed by atoms with E-state index in [1.54, 1.807) is 18.2 Å². The van der Waals surface area contributed by atoms with E-state index in [1.807, 2.05) is 11.8 Å². The van der Waals surface area contributed by atoms with E-state index < -0.39 is 12.6 Å². The first-order valence-corrected chi connectivity index (χ1v) is 9.17. The number of nitrogens with zero attached hydrogens (tertiary/aromatic N) is 1. The molecule has 1 heterocycles. The van der Waals surface area contributed by atoms with Gasteiger partial charge in [0.25, 0.3) is 5.91 Å². The fourth-order valence-corrected chi connectivity index (χ4v) is 3.15. The number of carboxylic acid groups (broad SMARTS) is 1. The maximum atomic E-state index is 12.8. The third-order valence-electron chi connectivity index (χ3n) is 5.43. The van der Waals surface area contributed by atoms with Crippen molar-refractivity contribution in [2.45, 2.75) is 40.5 Å². The summed E-state index contributed by atoms with van der Waals surface area (Å²) in [5, 5.41) is 8.76. The van der Waals surface area contributed by atoms with Crippen molar-refractivity contribution in [3.63, 3.8) is 0 Å². The maximum absolute atomic E-state index is 12.8. The average Bonchev–Trinajstić information content (AvgIpc) is 2.60. The molecule has 0 atom stereocenters. The Morgan fingerprint density at radius 2 is 1.85 bits per heavy atom. The summed E-state index contributed by atoms with van der Waals surface area (Å²) in [5.74, 6) is 0.228. The number of hydrogen-bond donors (Lipinski definition) is 1. The van der Waals surface area contributed by atoms with Gasteiger partial charge in [-0.05, 0) is 49.3 Å². The molecule has 1 N–H and O–H groups in total. The van der Waals surface area contributed by atoms with Crippen LogP contribution in [0.15, 0.2) is 18.2 Å². The Balaban J connectivity index is 2.11. The number of ether oxygens (including phenoxy) is 2. The molecule has 26 heavy (non-hydrogen) atoms. The largest absolute Gasteiger partial charge is 0.490 e. The van der Waals surface area contributed by atoms with Crippen molar-refractivity contribution in [2.75, 3.05) is 26.3 Å². The van der Waals surface area contributed by atoms with Gasteiger partial charge in [-0.1, -0.05) is 20.8 Å². The normalized spacial score (nSPS) is 16.4. The summed E-state index contributed by atoms with van der Waals surface area (Å²) >= 11 is 0. The molecule has 0 spiro atoms. The number of carbonyl (C=O) groups excluding carboxylic acids is 1. The molecule has 0 bridgehead atoms. The summed E-state index contributed by atoms with van der Waals surface area (Å²) in [4.78, 5) is 25.4. The predicted molar refractivity (Wildman–Crippen MR) is 98.8 cm³/mol. The van der Waals surface area contributed by atoms with E-state index in [9.17, 15) is 9.59 Å². The summed E-state index contributed by atoms with van der Waals surface area (Å²) in [6.07, 6.45) is 1.99. The summed E-state index contributed by atoms with van der Waals surface area (Å²) < 4.78 is 10.8. The number of piperidine rings is 1. The summed E-state index contributed by atoms with van der Waals surface area (Å²) in [5.41, 5.74) is 0.811. The third-order valence-corrected chi connectivity index (χ3v) is 5.43. The molecule has 0 unspecified atom stereocenters. The number of hydrogen-bond acceptors (Lipinski definition) is 4. The van der Waals surface area contributed by atoms with Gasteiger partial charge in [-0.25, -0.2) is 4.79 Å². The number of likely N-dealkylation sites (tertiary alicyclic amines) is 1. The third kappa shape index (κ3) is 4.68. The van der Waals surface area contributed by atoms with Gasteiger partial charge in [0.2, 0.25) is 0 Å². The molecular formula is C20H29NO5. The Labute approximate surface area is 155 Å². The fraction of sp³-hybridized carbons (Fsp3) is 0.600. The first-order valence-electron chi connectivity index (χ1n) is 9.17. The highest BCUT2D eigenvalue weighted by molar-refractivity contribution is 5.95. The Kier molecular flexibility index (Phi) is 6.51. The quantitative estimate of drug-likeness (QED) is 0.803. The number of amides is 1. The van der Waals surface area contributed by atoms with Crippen LogP contribution in [-0.2, 0) is 4.79 Å². The molecule has 1 saturated heterocycles. The number of aliphatic carboxylic acids is 1. The summed E-state index contributed by atoms with van der Waals surface area (Å²) in [6.45, 7) is 10.0. The standard InChI is InChI=1S/C20H29NO5/c1-5-25-17-12-15(6-7-16(17)26-13-18(22)23)19(24)21-10-8-20(4,9-11-21)14(2)3/h6-7,12,14H,5,8-11,13H2,1-4H3,(H,22,23). The van der Waals surface area contributed by atoms with E-state index in [1.165, 1.54) is 0 Å². The minimum absolute atomic E-state index is 0.0263. The molecule has 0 saturated carbocycles. The molecule has 0 aromatic heterocycles. The van der Waals surface area contributed by atoms with Gasteiger partial charge >= 0.3 is 5.97 Å². The van der Waals surface area contributed by atoms with Gasteiger partial charge in [-0.2, -0.15) is 0 Å². The molecule has 6 heteroatoms. The molecule has 144 valence electrons. The minimum Gasteiger partial charge on any atom is -0.490 e. The molecule has 0 aliphatic carbocycles. The Morgan fingerprint density at radius 3 is 2.38 bits per heavy atom. The SMILES string of the molecule is CCOc1cc(C(=O)N2CCC(C)(C(C)C)CC2)ccc1OCC(=O)O. The van der Waals surface area contributed by atoms with Crippen LogP contribution >= 0.6 is 0 Å². The highest BCUT2D eigenvalue weighted by Crippen LogP contribution is 2.38. The van der Waals surface area contributed by atoms with Crippen molar-refractivity contribution in [3.8, 4) is 11.5 Å². The molecule has 1 aromatic carbocycles. The maximum Gasteiger partial charge on any atom is 0.341 e. The molecule has 1 aliphatic heterocycles. The van der Waals surface area contributed by atoms with Crippen LogP contribution in [-0.4, -0.2) is 48.2 Å². The number of benzene rings is 1. The van der Waals surface area contributed by atoms with Crippen molar-refractivity contribution in [3.05, 3.63) is 23.8 Å². The Bertz CT molecular complexity index is 648. The molecule has 1 aliphatic rings. The predicted octanol–water partition coefficient (Wildman–Crippen LogP) is 3.45. The summed E-state index contributed by atoms with van der Waals surface area (Å²) in [7, 11) is 0. The molecule has 2 rings (SSSR count). The molecule has 6 nitrogen and oxygen atoms in total. The topological polar surface area (TPSA) is 76.1 Å². The lowest BCUT2D eigenvalue weighted by Gasteiger charge is -2.42. The lowest BCUT2D eigenvalue weighted by Crippen LogP contribution is -2.43. The highest BCUT2D eigenvalue weighted by Gasteiger charge is 2.34. The van der Waals surface area contributed by atoms with Crippen LogP contribution < -0.4 is 9.47 Å². The van der Waals surface area contributed by atoms with Crippen molar-refractivity contribution in [1.82, 2.24) is 4.90 Å². The monoisotopic (exact) mass is 363 g/mol. The molecule has 1 amide bonds.